The Hall–Kier alpha value is -1.77. The summed E-state index contributed by atoms with van der Waals surface area (Å²) in [6, 6.07) is 5.25. The quantitative estimate of drug-likeness (QED) is 0.439. The first-order valence-electron chi connectivity index (χ1n) is 5.91. The van der Waals surface area contributed by atoms with Crippen molar-refractivity contribution in [2.45, 2.75) is 20.3 Å². The van der Waals surface area contributed by atoms with Crippen LogP contribution in [0.4, 0.5) is 4.39 Å². The first-order chi connectivity index (χ1) is 8.47. The largest absolute Gasteiger partial charge is 0.299 e. The maximum Gasteiger partial charge on any atom is 0.173 e. The average Bonchev–Trinajstić information content (AvgIpc) is 2.35. The lowest BCUT2D eigenvalue weighted by atomic mass is 9.86. The second kappa shape index (κ2) is 6.24. The van der Waals surface area contributed by atoms with Crippen LogP contribution in [0.1, 0.15) is 30.6 Å². The molecular weight excluding hydrogens is 231 g/mol. The summed E-state index contributed by atoms with van der Waals surface area (Å²) in [5.74, 6) is -1.70. The van der Waals surface area contributed by atoms with Gasteiger partial charge in [-0.3, -0.25) is 9.59 Å². The van der Waals surface area contributed by atoms with Gasteiger partial charge in [-0.2, -0.15) is 0 Å². The highest BCUT2D eigenvalue weighted by atomic mass is 19.1. The Kier molecular flexibility index (Phi) is 4.95. The summed E-state index contributed by atoms with van der Waals surface area (Å²) < 4.78 is 12.8. The molecule has 96 valence electrons. The molecule has 3 heteroatoms. The molecule has 0 aromatic heterocycles. The molecule has 1 unspecified atom stereocenters. The Labute approximate surface area is 107 Å². The lowest BCUT2D eigenvalue weighted by Gasteiger charge is -2.15. The fourth-order valence-corrected chi connectivity index (χ4v) is 1.74. The van der Waals surface area contributed by atoms with Gasteiger partial charge < -0.3 is 0 Å². The number of hydrogen-bond acceptors (Lipinski definition) is 2. The van der Waals surface area contributed by atoms with Crippen LogP contribution in [0.3, 0.4) is 0 Å². The molecule has 1 atom stereocenters. The summed E-state index contributed by atoms with van der Waals surface area (Å²) in [6.07, 6.45) is 1.87. The summed E-state index contributed by atoms with van der Waals surface area (Å²) in [5, 5.41) is 0. The van der Waals surface area contributed by atoms with Crippen LogP contribution in [0.2, 0.25) is 0 Å². The molecule has 0 bridgehead atoms. The molecule has 1 aromatic carbocycles. The van der Waals surface area contributed by atoms with Crippen molar-refractivity contribution in [1.82, 2.24) is 0 Å². The number of Topliss-reactive ketones (excluding diaryl/α,β-unsaturated/α-hetero) is 2. The molecule has 18 heavy (non-hydrogen) atoms. The van der Waals surface area contributed by atoms with Crippen LogP contribution >= 0.6 is 0 Å². The van der Waals surface area contributed by atoms with E-state index < -0.39 is 11.7 Å². The Balaban J connectivity index is 2.99. The van der Waals surface area contributed by atoms with Gasteiger partial charge in [0.05, 0.1) is 5.92 Å². The third-order valence-corrected chi connectivity index (χ3v) is 2.76. The van der Waals surface area contributed by atoms with Gasteiger partial charge in [0.15, 0.2) is 5.78 Å². The number of carbonyl (C=O) groups excluding carboxylic acids is 2. The van der Waals surface area contributed by atoms with E-state index in [1.807, 2.05) is 0 Å². The van der Waals surface area contributed by atoms with Crippen molar-refractivity contribution in [3.8, 4) is 0 Å². The molecule has 1 aromatic rings. The number of ketones is 2. The minimum Gasteiger partial charge on any atom is -0.299 e. The summed E-state index contributed by atoms with van der Waals surface area (Å²) in [5.41, 5.74) is 0.359. The van der Waals surface area contributed by atoms with Gasteiger partial charge in [-0.15, -0.1) is 6.58 Å². The van der Waals surface area contributed by atoms with E-state index in [0.717, 1.165) is 0 Å². The average molecular weight is 248 g/mol. The zero-order chi connectivity index (χ0) is 13.7. The fraction of sp³-hybridized carbons (Fsp3) is 0.333. The third kappa shape index (κ3) is 3.36. The number of allylic oxidation sites excluding steroid dienone is 1. The second-order valence-electron chi connectivity index (χ2n) is 4.51. The SMILES string of the molecule is C=CCC(C(=O)c1ccc(F)cc1)C(=O)C(C)C. The van der Waals surface area contributed by atoms with E-state index in [1.54, 1.807) is 19.9 Å². The summed E-state index contributed by atoms with van der Waals surface area (Å²) >= 11 is 0. The monoisotopic (exact) mass is 248 g/mol. The van der Waals surface area contributed by atoms with E-state index in [2.05, 4.69) is 6.58 Å². The van der Waals surface area contributed by atoms with Crippen molar-refractivity contribution in [3.05, 3.63) is 48.3 Å². The van der Waals surface area contributed by atoms with Crippen molar-refractivity contribution in [1.29, 1.82) is 0 Å². The normalized spacial score (nSPS) is 12.2. The molecule has 0 heterocycles. The van der Waals surface area contributed by atoms with Gasteiger partial charge >= 0.3 is 0 Å². The van der Waals surface area contributed by atoms with Crippen LogP contribution in [0, 0.1) is 17.7 Å². The van der Waals surface area contributed by atoms with Crippen molar-refractivity contribution in [3.63, 3.8) is 0 Å². The summed E-state index contributed by atoms with van der Waals surface area (Å²) in [7, 11) is 0. The van der Waals surface area contributed by atoms with Gasteiger partial charge in [0.25, 0.3) is 0 Å². The van der Waals surface area contributed by atoms with Crippen LogP contribution in [0.5, 0.6) is 0 Å². The molecule has 0 aliphatic carbocycles. The maximum absolute atomic E-state index is 12.8. The molecule has 0 aliphatic heterocycles. The summed E-state index contributed by atoms with van der Waals surface area (Å²) in [4.78, 5) is 24.2. The minimum absolute atomic E-state index is 0.107. The predicted molar refractivity (Wildman–Crippen MR) is 68.9 cm³/mol. The number of rotatable bonds is 6. The molecule has 1 rings (SSSR count). The standard InChI is InChI=1S/C15H17FO2/c1-4-5-13(14(17)10(2)3)15(18)11-6-8-12(16)9-7-11/h4,6-10,13H,1,5H2,2-3H3. The van der Waals surface area contributed by atoms with Crippen LogP contribution < -0.4 is 0 Å². The smallest absolute Gasteiger partial charge is 0.173 e. The van der Waals surface area contributed by atoms with Gasteiger partial charge in [-0.05, 0) is 30.7 Å². The van der Waals surface area contributed by atoms with Crippen molar-refractivity contribution in [2.75, 3.05) is 0 Å². The van der Waals surface area contributed by atoms with Crippen LogP contribution in [0.15, 0.2) is 36.9 Å². The maximum atomic E-state index is 12.8. The van der Waals surface area contributed by atoms with Gasteiger partial charge in [0.2, 0.25) is 0 Å². The molecule has 0 radical (unpaired) electrons. The Morgan fingerprint density at radius 2 is 1.83 bits per heavy atom. The van der Waals surface area contributed by atoms with Crippen LogP contribution in [-0.2, 0) is 4.79 Å². The zero-order valence-corrected chi connectivity index (χ0v) is 10.7. The van der Waals surface area contributed by atoms with Crippen molar-refractivity contribution in [2.24, 2.45) is 11.8 Å². The molecule has 2 nitrogen and oxygen atoms in total. The lowest BCUT2D eigenvalue weighted by Crippen LogP contribution is -2.27. The van der Waals surface area contributed by atoms with E-state index >= 15 is 0 Å². The number of carbonyl (C=O) groups is 2. The molecule has 0 saturated carbocycles. The third-order valence-electron chi connectivity index (χ3n) is 2.76. The highest BCUT2D eigenvalue weighted by Gasteiger charge is 2.27. The molecule has 0 saturated heterocycles. The van der Waals surface area contributed by atoms with E-state index in [4.69, 9.17) is 0 Å². The van der Waals surface area contributed by atoms with Gasteiger partial charge in [0.1, 0.15) is 11.6 Å². The van der Waals surface area contributed by atoms with Crippen LogP contribution in [0.25, 0.3) is 0 Å². The Morgan fingerprint density at radius 1 is 1.28 bits per heavy atom. The van der Waals surface area contributed by atoms with Gasteiger partial charge in [-0.25, -0.2) is 4.39 Å². The predicted octanol–water partition coefficient (Wildman–Crippen LogP) is 3.43. The first kappa shape index (κ1) is 14.3. The van der Waals surface area contributed by atoms with Gasteiger partial charge in [-0.1, -0.05) is 19.9 Å². The highest BCUT2D eigenvalue weighted by Crippen LogP contribution is 2.18. The van der Waals surface area contributed by atoms with Gasteiger partial charge in [0, 0.05) is 11.5 Å². The van der Waals surface area contributed by atoms with Crippen molar-refractivity contribution >= 4 is 11.6 Å². The van der Waals surface area contributed by atoms with Crippen LogP contribution in [-0.4, -0.2) is 11.6 Å². The lowest BCUT2D eigenvalue weighted by molar-refractivity contribution is -0.124. The van der Waals surface area contributed by atoms with E-state index in [1.165, 1.54) is 24.3 Å². The van der Waals surface area contributed by atoms with Crippen molar-refractivity contribution < 1.29 is 14.0 Å². The molecule has 0 fully saturated rings. The molecule has 0 N–H and O–H groups in total. The highest BCUT2D eigenvalue weighted by molar-refractivity contribution is 6.11. The minimum atomic E-state index is -0.715. The molecule has 0 amide bonds. The van der Waals surface area contributed by atoms with E-state index in [9.17, 15) is 14.0 Å². The van der Waals surface area contributed by atoms with E-state index in [-0.39, 0.29) is 17.5 Å². The summed E-state index contributed by atoms with van der Waals surface area (Å²) in [6.45, 7) is 7.09. The number of benzene rings is 1. The number of halogens is 1. The molecular formula is C15H17FO2. The zero-order valence-electron chi connectivity index (χ0n) is 10.7. The van der Waals surface area contributed by atoms with E-state index in [0.29, 0.717) is 12.0 Å². The fourth-order valence-electron chi connectivity index (χ4n) is 1.74. The number of hydrogen-bond donors (Lipinski definition) is 0. The Bertz CT molecular complexity index is 446. The molecule has 0 aliphatic rings. The molecule has 0 spiro atoms. The Morgan fingerprint density at radius 3 is 2.28 bits per heavy atom. The first-order valence-corrected chi connectivity index (χ1v) is 5.91. The second-order valence-corrected chi connectivity index (χ2v) is 4.51. The topological polar surface area (TPSA) is 34.1 Å².